The van der Waals surface area contributed by atoms with Crippen LogP contribution in [0.1, 0.15) is 41.7 Å². The van der Waals surface area contributed by atoms with Crippen LogP contribution in [0, 0.1) is 0 Å². The van der Waals surface area contributed by atoms with Crippen LogP contribution in [0.25, 0.3) is 11.2 Å². The highest BCUT2D eigenvalue weighted by Gasteiger charge is 2.29. The lowest BCUT2D eigenvalue weighted by Crippen LogP contribution is -2.52. The summed E-state index contributed by atoms with van der Waals surface area (Å²) < 4.78 is 0. The summed E-state index contributed by atoms with van der Waals surface area (Å²) in [6.07, 6.45) is 0.469. The Morgan fingerprint density at radius 1 is 0.687 bits per heavy atom. The molecule has 2 aromatic heterocycles. The SMILES string of the molecule is Nc1nc2ncc(CNc3ccc(C(=O)N[C@@H](CCC(=O)NCCNC(=O)CCC(C(=O)O)N4CCN(CC(=O)O)CCN(CC(=O)O)CCN(CC(=O)O)CC4)C(=O)O)cc3)nc2c(=O)[nH]1. The van der Waals surface area contributed by atoms with Crippen molar-refractivity contribution in [1.82, 2.24) is 55.5 Å². The van der Waals surface area contributed by atoms with Gasteiger partial charge in [-0.25, -0.2) is 14.8 Å². The minimum absolute atomic E-state index is 0.0133. The lowest BCUT2D eigenvalue weighted by atomic mass is 10.1. The number of H-pyrrole nitrogens is 1. The highest BCUT2D eigenvalue weighted by atomic mass is 16.4. The standard InChI is InChI=1S/C40H55N13O14/c41-40-48-35-34(37(63)49-40)46-26(20-45-35)19-44-25-3-1-24(2-4-25)36(62)47-27(38(64)65)5-7-29(54)42-9-10-43-30(55)8-6-28(39(66)67)53-17-15-51(22-32(58)59)13-11-50(21-31(56)57)12-14-52(16-18-53)23-33(60)61/h1-4,20,27-28,44H,5-19,21-23H2,(H,42,54)(H,43,55)(H,47,62)(H,56,57)(H,58,59)(H,60,61)(H,64,65)(H,66,67)(H3,41,45,48,49,63)/t27-,28?/m0/s1. The van der Waals surface area contributed by atoms with Gasteiger partial charge >= 0.3 is 29.8 Å². The molecule has 27 nitrogen and oxygen atoms in total. The maximum atomic E-state index is 12.9. The number of aromatic amines is 1. The fourth-order valence-corrected chi connectivity index (χ4v) is 6.99. The molecule has 1 saturated heterocycles. The first-order valence-corrected chi connectivity index (χ1v) is 21.1. The normalized spacial score (nSPS) is 15.5. The van der Waals surface area contributed by atoms with Crippen molar-refractivity contribution in [1.29, 1.82) is 0 Å². The van der Waals surface area contributed by atoms with Gasteiger partial charge in [-0.05, 0) is 37.1 Å². The lowest BCUT2D eigenvalue weighted by molar-refractivity contribution is -0.145. The molecule has 2 atom stereocenters. The van der Waals surface area contributed by atoms with Crippen molar-refractivity contribution in [2.24, 2.45) is 0 Å². The van der Waals surface area contributed by atoms with Gasteiger partial charge in [0, 0.05) is 89.5 Å². The molecular weight excluding hydrogens is 887 g/mol. The summed E-state index contributed by atoms with van der Waals surface area (Å²) in [6.45, 7) is -0.192. The van der Waals surface area contributed by atoms with Gasteiger partial charge < -0.3 is 52.5 Å². The van der Waals surface area contributed by atoms with E-state index in [0.29, 0.717) is 11.4 Å². The number of carbonyl (C=O) groups is 8. The topological polar surface area (TPSA) is 396 Å². The number of hydrogen-bond acceptors (Lipinski definition) is 18. The van der Waals surface area contributed by atoms with Gasteiger partial charge in [0.05, 0.1) is 38.1 Å². The van der Waals surface area contributed by atoms with E-state index >= 15 is 0 Å². The first kappa shape index (κ1) is 52.3. The molecule has 1 aliphatic heterocycles. The molecule has 364 valence electrons. The largest absolute Gasteiger partial charge is 0.480 e. The number of carbonyl (C=O) groups excluding carboxylic acids is 3. The number of hydrogen-bond donors (Lipinski definition) is 11. The minimum atomic E-state index is -1.41. The Morgan fingerprint density at radius 2 is 1.19 bits per heavy atom. The number of aromatic nitrogens is 4. The molecular formula is C40H55N13O14. The number of anilines is 2. The van der Waals surface area contributed by atoms with E-state index in [1.165, 1.54) is 18.3 Å². The third-order valence-electron chi connectivity index (χ3n) is 10.5. The van der Waals surface area contributed by atoms with Gasteiger partial charge in [-0.3, -0.25) is 62.9 Å². The quantitative estimate of drug-likeness (QED) is 0.0417. The first-order chi connectivity index (χ1) is 31.9. The fraction of sp³-hybridized carbons (Fsp3) is 0.500. The van der Waals surface area contributed by atoms with Crippen LogP contribution in [0.3, 0.4) is 0 Å². The van der Waals surface area contributed by atoms with Crippen molar-refractivity contribution in [3.05, 3.63) is 52.1 Å². The van der Waals surface area contributed by atoms with E-state index in [9.17, 15) is 68.7 Å². The predicted molar refractivity (Wildman–Crippen MR) is 235 cm³/mol. The molecule has 3 amide bonds. The number of nitrogens with zero attached hydrogens (tertiary/aromatic N) is 7. The molecule has 1 aromatic carbocycles. The second kappa shape index (κ2) is 26.0. The van der Waals surface area contributed by atoms with Crippen LogP contribution in [0.4, 0.5) is 11.6 Å². The zero-order valence-electron chi connectivity index (χ0n) is 36.4. The Bertz CT molecular complexity index is 2270. The van der Waals surface area contributed by atoms with Gasteiger partial charge in [0.25, 0.3) is 11.5 Å². The van der Waals surface area contributed by atoms with E-state index < -0.39 is 78.3 Å². The molecule has 0 saturated carbocycles. The van der Waals surface area contributed by atoms with E-state index in [4.69, 9.17) is 5.73 Å². The van der Waals surface area contributed by atoms with Crippen molar-refractivity contribution in [3.8, 4) is 0 Å². The minimum Gasteiger partial charge on any atom is -0.480 e. The van der Waals surface area contributed by atoms with Gasteiger partial charge in [0.2, 0.25) is 17.8 Å². The number of amides is 3. The number of carboxylic acid groups (broad SMARTS) is 5. The van der Waals surface area contributed by atoms with Crippen molar-refractivity contribution < 1.29 is 63.9 Å². The average molecular weight is 942 g/mol. The number of carboxylic acids is 5. The summed E-state index contributed by atoms with van der Waals surface area (Å²) in [5.74, 6) is -7.89. The molecule has 1 unspecified atom stereocenters. The smallest absolute Gasteiger partial charge is 0.326 e. The van der Waals surface area contributed by atoms with Crippen LogP contribution in [0.2, 0.25) is 0 Å². The number of rotatable bonds is 23. The number of nitrogen functional groups attached to an aromatic ring is 1. The third kappa shape index (κ3) is 18.2. The van der Waals surface area contributed by atoms with Gasteiger partial charge in [-0.15, -0.1) is 0 Å². The zero-order chi connectivity index (χ0) is 49.0. The Morgan fingerprint density at radius 3 is 1.69 bits per heavy atom. The number of fused-ring (bicyclic) bond motifs is 1. The van der Waals surface area contributed by atoms with Crippen LogP contribution < -0.4 is 32.6 Å². The van der Waals surface area contributed by atoms with Crippen LogP contribution in [-0.2, 0) is 40.1 Å². The second-order valence-corrected chi connectivity index (χ2v) is 15.5. The zero-order valence-corrected chi connectivity index (χ0v) is 36.4. The van der Waals surface area contributed by atoms with Crippen molar-refractivity contribution in [3.63, 3.8) is 0 Å². The molecule has 0 bridgehead atoms. The van der Waals surface area contributed by atoms with E-state index in [-0.39, 0.29) is 127 Å². The molecule has 3 heterocycles. The number of benzene rings is 1. The van der Waals surface area contributed by atoms with Crippen molar-refractivity contribution >= 4 is 70.4 Å². The van der Waals surface area contributed by atoms with Gasteiger partial charge in [-0.1, -0.05) is 0 Å². The average Bonchev–Trinajstić information content (AvgIpc) is 3.25. The van der Waals surface area contributed by atoms with E-state index in [0.717, 1.165) is 0 Å². The third-order valence-corrected chi connectivity index (χ3v) is 10.5. The van der Waals surface area contributed by atoms with E-state index in [1.807, 2.05) is 0 Å². The summed E-state index contributed by atoms with van der Waals surface area (Å²) in [5.41, 5.74) is 6.23. The molecule has 12 N–H and O–H groups in total. The molecule has 27 heteroatoms. The Balaban J connectivity index is 1.21. The van der Waals surface area contributed by atoms with Gasteiger partial charge in [0.15, 0.2) is 11.2 Å². The summed E-state index contributed by atoms with van der Waals surface area (Å²) >= 11 is 0. The molecule has 0 spiro atoms. The maximum absolute atomic E-state index is 12.9. The Labute approximate surface area is 381 Å². The molecule has 1 aliphatic rings. The van der Waals surface area contributed by atoms with E-state index in [1.54, 1.807) is 31.7 Å². The highest BCUT2D eigenvalue weighted by Crippen LogP contribution is 2.14. The monoisotopic (exact) mass is 941 g/mol. The summed E-state index contributed by atoms with van der Waals surface area (Å²) in [5, 5.41) is 58.8. The number of nitrogens with one attached hydrogen (secondary N) is 5. The lowest BCUT2D eigenvalue weighted by Gasteiger charge is -2.35. The molecule has 67 heavy (non-hydrogen) atoms. The molecule has 1 fully saturated rings. The fourth-order valence-electron chi connectivity index (χ4n) is 6.99. The molecule has 3 aromatic rings. The van der Waals surface area contributed by atoms with Gasteiger partial charge in [0.1, 0.15) is 12.1 Å². The summed E-state index contributed by atoms with van der Waals surface area (Å²) in [4.78, 5) is 130. The molecule has 0 radical (unpaired) electrons. The molecule has 0 aliphatic carbocycles. The first-order valence-electron chi connectivity index (χ1n) is 21.1. The maximum Gasteiger partial charge on any atom is 0.326 e. The van der Waals surface area contributed by atoms with Crippen LogP contribution in [-0.4, -0.2) is 210 Å². The number of nitrogens with two attached hydrogens (primary N) is 1. The van der Waals surface area contributed by atoms with Crippen LogP contribution in [0.15, 0.2) is 35.3 Å². The Kier molecular flexibility index (Phi) is 20.2. The molecule has 4 rings (SSSR count). The van der Waals surface area contributed by atoms with E-state index in [2.05, 4.69) is 41.2 Å². The van der Waals surface area contributed by atoms with Crippen LogP contribution >= 0.6 is 0 Å². The van der Waals surface area contributed by atoms with Gasteiger partial charge in [-0.2, -0.15) is 4.98 Å². The van der Waals surface area contributed by atoms with Crippen molar-refractivity contribution in [2.45, 2.75) is 44.3 Å². The Hall–Kier alpha value is -7.36. The summed E-state index contributed by atoms with van der Waals surface area (Å²) in [6, 6.07) is 3.43. The van der Waals surface area contributed by atoms with Crippen LogP contribution in [0.5, 0.6) is 0 Å². The predicted octanol–water partition coefficient (Wildman–Crippen LogP) is -3.19. The highest BCUT2D eigenvalue weighted by molar-refractivity contribution is 5.97. The number of aliphatic carboxylic acids is 5. The van der Waals surface area contributed by atoms with Crippen molar-refractivity contribution in [2.75, 3.05) is 96.1 Å². The second-order valence-electron chi connectivity index (χ2n) is 15.5. The summed E-state index contributed by atoms with van der Waals surface area (Å²) in [7, 11) is 0.